The van der Waals surface area contributed by atoms with Crippen LogP contribution in [0.4, 0.5) is 8.78 Å². The van der Waals surface area contributed by atoms with E-state index < -0.39 is 11.6 Å². The molecule has 0 spiro atoms. The second-order valence-electron chi connectivity index (χ2n) is 5.30. The van der Waals surface area contributed by atoms with Crippen molar-refractivity contribution in [3.05, 3.63) is 70.8 Å². The molecule has 0 aliphatic carbocycles. The molecule has 21 heavy (non-hydrogen) atoms. The van der Waals surface area contributed by atoms with Crippen molar-refractivity contribution in [2.24, 2.45) is 0 Å². The number of fused-ring (bicyclic) bond motifs is 1. The van der Waals surface area contributed by atoms with Gasteiger partial charge < -0.3 is 5.32 Å². The van der Waals surface area contributed by atoms with Crippen LogP contribution in [0.5, 0.6) is 0 Å². The van der Waals surface area contributed by atoms with Crippen molar-refractivity contribution in [1.82, 2.24) is 5.32 Å². The first-order chi connectivity index (χ1) is 10.1. The van der Waals surface area contributed by atoms with Gasteiger partial charge in [-0.3, -0.25) is 4.79 Å². The summed E-state index contributed by atoms with van der Waals surface area (Å²) in [4.78, 5) is 12.3. The maximum absolute atomic E-state index is 13.2. The average molecular weight is 287 g/mol. The van der Waals surface area contributed by atoms with Crippen molar-refractivity contribution in [2.75, 3.05) is 0 Å². The minimum atomic E-state index is -0.915. The van der Waals surface area contributed by atoms with Crippen molar-refractivity contribution in [3.63, 3.8) is 0 Å². The van der Waals surface area contributed by atoms with Crippen LogP contribution in [-0.2, 0) is 24.2 Å². The molecule has 2 nitrogen and oxygen atoms in total. The van der Waals surface area contributed by atoms with Crippen LogP contribution in [0.15, 0.2) is 42.5 Å². The Hall–Kier alpha value is -2.07. The third-order valence-corrected chi connectivity index (χ3v) is 3.83. The first kappa shape index (κ1) is 13.9. The van der Waals surface area contributed by atoms with Gasteiger partial charge in [0.05, 0.1) is 6.04 Å². The van der Waals surface area contributed by atoms with Gasteiger partial charge in [-0.15, -0.1) is 0 Å². The molecular formula is C17H15F2NO. The number of Topliss-reactive ketones (excluding diaryl/α,β-unsaturated/α-hetero) is 1. The molecule has 0 fully saturated rings. The fourth-order valence-electron chi connectivity index (χ4n) is 2.66. The summed E-state index contributed by atoms with van der Waals surface area (Å²) in [6.45, 7) is 0.657. The number of halogens is 2. The Kier molecular flexibility index (Phi) is 3.80. The topological polar surface area (TPSA) is 29.1 Å². The summed E-state index contributed by atoms with van der Waals surface area (Å²) in [5, 5.41) is 3.20. The fourth-order valence-corrected chi connectivity index (χ4v) is 2.66. The molecule has 0 aromatic heterocycles. The van der Waals surface area contributed by atoms with Crippen LogP contribution in [0.2, 0.25) is 0 Å². The summed E-state index contributed by atoms with van der Waals surface area (Å²) in [7, 11) is 0. The van der Waals surface area contributed by atoms with Gasteiger partial charge in [-0.05, 0) is 35.2 Å². The van der Waals surface area contributed by atoms with Gasteiger partial charge in [-0.1, -0.05) is 30.3 Å². The SMILES string of the molecule is O=C(Cc1ccc(F)c(F)c1)C1Cc2ccccc2CN1. The van der Waals surface area contributed by atoms with Crippen LogP contribution in [-0.4, -0.2) is 11.8 Å². The highest BCUT2D eigenvalue weighted by Gasteiger charge is 2.23. The molecule has 1 aliphatic rings. The van der Waals surface area contributed by atoms with Crippen LogP contribution in [0.25, 0.3) is 0 Å². The molecule has 2 aromatic carbocycles. The smallest absolute Gasteiger partial charge is 0.159 e. The normalized spacial score (nSPS) is 17.3. The van der Waals surface area contributed by atoms with Gasteiger partial charge in [0.2, 0.25) is 0 Å². The number of benzene rings is 2. The van der Waals surface area contributed by atoms with Crippen molar-refractivity contribution >= 4 is 5.78 Å². The van der Waals surface area contributed by atoms with Gasteiger partial charge in [-0.2, -0.15) is 0 Å². The first-order valence-electron chi connectivity index (χ1n) is 6.90. The Morgan fingerprint density at radius 1 is 1.10 bits per heavy atom. The van der Waals surface area contributed by atoms with E-state index in [1.54, 1.807) is 0 Å². The molecule has 3 rings (SSSR count). The molecule has 1 aliphatic heterocycles. The Bertz CT molecular complexity index is 684. The molecule has 2 aromatic rings. The van der Waals surface area contributed by atoms with E-state index in [0.29, 0.717) is 18.5 Å². The summed E-state index contributed by atoms with van der Waals surface area (Å²) in [5.41, 5.74) is 2.87. The number of hydrogen-bond acceptors (Lipinski definition) is 2. The Balaban J connectivity index is 1.70. The minimum Gasteiger partial charge on any atom is -0.303 e. The number of carbonyl (C=O) groups excluding carboxylic acids is 1. The van der Waals surface area contributed by atoms with E-state index in [0.717, 1.165) is 12.1 Å². The highest BCUT2D eigenvalue weighted by atomic mass is 19.2. The molecule has 1 unspecified atom stereocenters. The van der Waals surface area contributed by atoms with Gasteiger partial charge in [-0.25, -0.2) is 8.78 Å². The zero-order valence-corrected chi connectivity index (χ0v) is 11.4. The zero-order chi connectivity index (χ0) is 14.8. The molecule has 1 atom stereocenters. The van der Waals surface area contributed by atoms with E-state index in [2.05, 4.69) is 5.32 Å². The second kappa shape index (κ2) is 5.74. The largest absolute Gasteiger partial charge is 0.303 e. The maximum atomic E-state index is 13.2. The van der Waals surface area contributed by atoms with E-state index in [9.17, 15) is 13.6 Å². The van der Waals surface area contributed by atoms with Crippen LogP contribution < -0.4 is 5.32 Å². The Morgan fingerprint density at radius 3 is 2.62 bits per heavy atom. The molecule has 0 saturated heterocycles. The van der Waals surface area contributed by atoms with Crippen molar-refractivity contribution < 1.29 is 13.6 Å². The summed E-state index contributed by atoms with van der Waals surface area (Å²) >= 11 is 0. The summed E-state index contributed by atoms with van der Waals surface area (Å²) < 4.78 is 26.1. The van der Waals surface area contributed by atoms with Crippen molar-refractivity contribution in [2.45, 2.75) is 25.4 Å². The molecular weight excluding hydrogens is 272 g/mol. The highest BCUT2D eigenvalue weighted by molar-refractivity contribution is 5.86. The van der Waals surface area contributed by atoms with Gasteiger partial charge in [0.1, 0.15) is 0 Å². The van der Waals surface area contributed by atoms with Gasteiger partial charge in [0.15, 0.2) is 17.4 Å². The van der Waals surface area contributed by atoms with E-state index in [1.165, 1.54) is 17.2 Å². The predicted molar refractivity (Wildman–Crippen MR) is 75.8 cm³/mol. The lowest BCUT2D eigenvalue weighted by Crippen LogP contribution is -2.42. The molecule has 1 heterocycles. The standard InChI is InChI=1S/C17H15F2NO/c18-14-6-5-11(7-15(14)19)8-17(21)16-9-12-3-1-2-4-13(12)10-20-16/h1-7,16,20H,8-10H2. The second-order valence-corrected chi connectivity index (χ2v) is 5.30. The third kappa shape index (κ3) is 3.00. The van der Waals surface area contributed by atoms with Crippen molar-refractivity contribution in [1.29, 1.82) is 0 Å². The number of hydrogen-bond donors (Lipinski definition) is 1. The lowest BCUT2D eigenvalue weighted by Gasteiger charge is -2.25. The zero-order valence-electron chi connectivity index (χ0n) is 11.4. The Labute approximate surface area is 121 Å². The lowest BCUT2D eigenvalue weighted by molar-refractivity contribution is -0.120. The molecule has 4 heteroatoms. The minimum absolute atomic E-state index is 0.00416. The number of carbonyl (C=O) groups is 1. The predicted octanol–water partition coefficient (Wildman–Crippen LogP) is 2.79. The quantitative estimate of drug-likeness (QED) is 0.940. The van der Waals surface area contributed by atoms with E-state index in [1.807, 2.05) is 24.3 Å². The number of ketones is 1. The maximum Gasteiger partial charge on any atom is 0.159 e. The molecule has 0 amide bonds. The van der Waals surface area contributed by atoms with Crippen LogP contribution in [0.1, 0.15) is 16.7 Å². The number of nitrogens with one attached hydrogen (secondary N) is 1. The first-order valence-corrected chi connectivity index (χ1v) is 6.90. The van der Waals surface area contributed by atoms with Crippen LogP contribution >= 0.6 is 0 Å². The summed E-state index contributed by atoms with van der Waals surface area (Å²) in [5.74, 6) is -1.81. The van der Waals surface area contributed by atoms with Crippen LogP contribution in [0, 0.1) is 11.6 Å². The monoisotopic (exact) mass is 287 g/mol. The molecule has 108 valence electrons. The van der Waals surface area contributed by atoms with Gasteiger partial charge in [0, 0.05) is 13.0 Å². The van der Waals surface area contributed by atoms with E-state index in [4.69, 9.17) is 0 Å². The molecule has 1 N–H and O–H groups in total. The molecule has 0 bridgehead atoms. The highest BCUT2D eigenvalue weighted by Crippen LogP contribution is 2.18. The molecule has 0 radical (unpaired) electrons. The summed E-state index contributed by atoms with van der Waals surface area (Å²) in [6.07, 6.45) is 0.746. The molecule has 0 saturated carbocycles. The van der Waals surface area contributed by atoms with Crippen molar-refractivity contribution in [3.8, 4) is 0 Å². The fraction of sp³-hybridized carbons (Fsp3) is 0.235. The van der Waals surface area contributed by atoms with Crippen LogP contribution in [0.3, 0.4) is 0 Å². The third-order valence-electron chi connectivity index (χ3n) is 3.83. The van der Waals surface area contributed by atoms with E-state index >= 15 is 0 Å². The average Bonchev–Trinajstić information content (AvgIpc) is 2.50. The summed E-state index contributed by atoms with van der Waals surface area (Å²) in [6, 6.07) is 11.3. The van der Waals surface area contributed by atoms with Gasteiger partial charge in [0.25, 0.3) is 0 Å². The Morgan fingerprint density at radius 2 is 1.86 bits per heavy atom. The van der Waals surface area contributed by atoms with Gasteiger partial charge >= 0.3 is 0 Å². The lowest BCUT2D eigenvalue weighted by atomic mass is 9.91. The van der Waals surface area contributed by atoms with E-state index in [-0.39, 0.29) is 18.2 Å². The number of rotatable bonds is 3.